The summed E-state index contributed by atoms with van der Waals surface area (Å²) in [6.07, 6.45) is 3.60. The van der Waals surface area contributed by atoms with Gasteiger partial charge in [-0.1, -0.05) is 13.8 Å². The molecule has 1 aromatic heterocycles. The average molecular weight is 319 g/mol. The molecule has 3 heterocycles. The number of carbonyl (C=O) groups excluding carboxylic acids is 1. The van der Waals surface area contributed by atoms with Crippen molar-refractivity contribution in [2.45, 2.75) is 39.3 Å². The first-order valence-corrected chi connectivity index (χ1v) is 8.54. The molecule has 0 amide bonds. The molecule has 0 aliphatic carbocycles. The molecular formula is C17H21NO3S. The van der Waals surface area contributed by atoms with E-state index >= 15 is 0 Å². The molecule has 3 rings (SSSR count). The Morgan fingerprint density at radius 2 is 2.32 bits per heavy atom. The lowest BCUT2D eigenvalue weighted by Gasteiger charge is -2.42. The predicted molar refractivity (Wildman–Crippen MR) is 87.2 cm³/mol. The summed E-state index contributed by atoms with van der Waals surface area (Å²) in [7, 11) is 0. The third-order valence-electron chi connectivity index (χ3n) is 4.24. The summed E-state index contributed by atoms with van der Waals surface area (Å²) >= 11 is 1.76. The molecule has 2 aliphatic rings. The van der Waals surface area contributed by atoms with Crippen molar-refractivity contribution >= 4 is 23.0 Å². The van der Waals surface area contributed by atoms with Gasteiger partial charge in [-0.3, -0.25) is 0 Å². The molecule has 2 atom stereocenters. The second kappa shape index (κ2) is 5.89. The molecular weight excluding hydrogens is 298 g/mol. The van der Waals surface area contributed by atoms with Crippen LogP contribution in [0.4, 0.5) is 0 Å². The largest absolute Gasteiger partial charge is 0.463 e. The zero-order chi connectivity index (χ0) is 15.9. The molecule has 1 aromatic rings. The summed E-state index contributed by atoms with van der Waals surface area (Å²) in [4.78, 5) is 15.5. The summed E-state index contributed by atoms with van der Waals surface area (Å²) in [5.41, 5.74) is 2.48. The highest BCUT2D eigenvalue weighted by Gasteiger charge is 2.36. The van der Waals surface area contributed by atoms with Crippen molar-refractivity contribution in [2.24, 2.45) is 5.92 Å². The van der Waals surface area contributed by atoms with E-state index in [0.29, 0.717) is 18.1 Å². The van der Waals surface area contributed by atoms with E-state index in [9.17, 15) is 9.90 Å². The number of fused-ring (bicyclic) bond motifs is 3. The second-order valence-corrected chi connectivity index (χ2v) is 6.98. The van der Waals surface area contributed by atoms with Crippen molar-refractivity contribution in [3.63, 3.8) is 0 Å². The molecule has 0 spiro atoms. The molecule has 0 aromatic carbocycles. The van der Waals surface area contributed by atoms with E-state index in [1.807, 2.05) is 0 Å². The molecule has 5 heteroatoms. The van der Waals surface area contributed by atoms with Gasteiger partial charge in [-0.25, -0.2) is 4.79 Å². The van der Waals surface area contributed by atoms with Gasteiger partial charge in [-0.2, -0.15) is 0 Å². The smallest absolute Gasteiger partial charge is 0.338 e. The predicted octanol–water partition coefficient (Wildman–Crippen LogP) is 2.79. The first kappa shape index (κ1) is 15.3. The first-order valence-electron chi connectivity index (χ1n) is 7.66. The molecule has 2 unspecified atom stereocenters. The number of aliphatic hydroxyl groups excluding tert-OH is 1. The molecule has 118 valence electrons. The van der Waals surface area contributed by atoms with Crippen molar-refractivity contribution in [1.29, 1.82) is 0 Å². The molecule has 0 radical (unpaired) electrons. The van der Waals surface area contributed by atoms with Crippen molar-refractivity contribution < 1.29 is 14.6 Å². The van der Waals surface area contributed by atoms with Gasteiger partial charge in [0.25, 0.3) is 0 Å². The Balaban J connectivity index is 2.02. The highest BCUT2D eigenvalue weighted by molar-refractivity contribution is 7.10. The maximum Gasteiger partial charge on any atom is 0.338 e. The monoisotopic (exact) mass is 319 g/mol. The first-order chi connectivity index (χ1) is 10.5. The van der Waals surface area contributed by atoms with E-state index < -0.39 is 12.1 Å². The van der Waals surface area contributed by atoms with Gasteiger partial charge in [0.2, 0.25) is 0 Å². The minimum atomic E-state index is -0.913. The van der Waals surface area contributed by atoms with Gasteiger partial charge < -0.3 is 14.7 Å². The standard InChI is InChI=1S/C17H21NO3S/c1-4-21-17(20)12-9-18-13(10(2)3)8-16-11(5-6-22-16)14(18)7-15(12)19/h5-7,9-10,13,15,19H,4,8H2,1-3H3. The topological polar surface area (TPSA) is 49.8 Å². The Hall–Kier alpha value is -1.59. The van der Waals surface area contributed by atoms with Gasteiger partial charge in [-0.15, -0.1) is 11.3 Å². The van der Waals surface area contributed by atoms with Gasteiger partial charge in [0.1, 0.15) is 6.10 Å². The summed E-state index contributed by atoms with van der Waals surface area (Å²) in [5.74, 6) is -0.00231. The third-order valence-corrected chi connectivity index (χ3v) is 5.19. The van der Waals surface area contributed by atoms with Gasteiger partial charge in [0, 0.05) is 34.8 Å². The van der Waals surface area contributed by atoms with Crippen molar-refractivity contribution in [2.75, 3.05) is 6.61 Å². The SMILES string of the molecule is CCOC(=O)C1=CN2C(=CC1O)c1ccsc1CC2C(C)C. The number of esters is 1. The van der Waals surface area contributed by atoms with E-state index in [2.05, 4.69) is 30.2 Å². The fourth-order valence-electron chi connectivity index (χ4n) is 3.08. The molecule has 0 fully saturated rings. The van der Waals surface area contributed by atoms with Crippen LogP contribution < -0.4 is 0 Å². The number of ether oxygens (including phenoxy) is 1. The van der Waals surface area contributed by atoms with E-state index in [0.717, 1.165) is 12.1 Å². The Labute approximate surface area is 134 Å². The molecule has 22 heavy (non-hydrogen) atoms. The number of aliphatic hydroxyl groups is 1. The van der Waals surface area contributed by atoms with Gasteiger partial charge in [-0.05, 0) is 30.4 Å². The maximum absolute atomic E-state index is 12.1. The average Bonchev–Trinajstić information content (AvgIpc) is 2.94. The lowest BCUT2D eigenvalue weighted by molar-refractivity contribution is -0.139. The van der Waals surface area contributed by atoms with Crippen LogP contribution in [0.2, 0.25) is 0 Å². The van der Waals surface area contributed by atoms with Crippen LogP contribution in [0, 0.1) is 5.92 Å². The normalized spacial score (nSPS) is 23.6. The number of rotatable bonds is 3. The summed E-state index contributed by atoms with van der Waals surface area (Å²) in [5, 5.41) is 12.4. The van der Waals surface area contributed by atoms with Crippen LogP contribution in [0.3, 0.4) is 0 Å². The van der Waals surface area contributed by atoms with Crippen molar-refractivity contribution in [3.8, 4) is 0 Å². The lowest BCUT2D eigenvalue weighted by Crippen LogP contribution is -2.42. The highest BCUT2D eigenvalue weighted by atomic mass is 32.1. The van der Waals surface area contributed by atoms with Crippen molar-refractivity contribution in [3.05, 3.63) is 39.7 Å². The molecule has 0 bridgehead atoms. The zero-order valence-corrected chi connectivity index (χ0v) is 13.9. The summed E-state index contributed by atoms with van der Waals surface area (Å²) in [6, 6.07) is 2.38. The van der Waals surface area contributed by atoms with Crippen molar-refractivity contribution in [1.82, 2.24) is 4.90 Å². The number of thiophene rings is 1. The van der Waals surface area contributed by atoms with E-state index in [1.54, 1.807) is 30.5 Å². The summed E-state index contributed by atoms with van der Waals surface area (Å²) < 4.78 is 5.06. The van der Waals surface area contributed by atoms with E-state index in [-0.39, 0.29) is 6.04 Å². The highest BCUT2D eigenvalue weighted by Crippen LogP contribution is 2.40. The summed E-state index contributed by atoms with van der Waals surface area (Å²) in [6.45, 7) is 6.44. The van der Waals surface area contributed by atoms with Crippen LogP contribution in [0.25, 0.3) is 5.70 Å². The maximum atomic E-state index is 12.1. The van der Waals surface area contributed by atoms with Crippen LogP contribution in [0.15, 0.2) is 29.3 Å². The zero-order valence-electron chi connectivity index (χ0n) is 13.1. The molecule has 0 saturated carbocycles. The minimum Gasteiger partial charge on any atom is -0.463 e. The quantitative estimate of drug-likeness (QED) is 0.871. The second-order valence-electron chi connectivity index (χ2n) is 5.98. The Bertz CT molecular complexity index is 644. The molecule has 2 aliphatic heterocycles. The fraction of sp³-hybridized carbons (Fsp3) is 0.471. The lowest BCUT2D eigenvalue weighted by atomic mass is 9.88. The Kier molecular flexibility index (Phi) is 4.10. The molecule has 0 saturated heterocycles. The van der Waals surface area contributed by atoms with Gasteiger partial charge in [0.15, 0.2) is 0 Å². The fourth-order valence-corrected chi connectivity index (χ4v) is 4.02. The molecule has 4 nitrogen and oxygen atoms in total. The third kappa shape index (κ3) is 2.48. The van der Waals surface area contributed by atoms with Crippen LogP contribution >= 0.6 is 11.3 Å². The number of hydrogen-bond donors (Lipinski definition) is 1. The van der Waals surface area contributed by atoms with E-state index in [1.165, 1.54) is 10.4 Å². The molecule has 1 N–H and O–H groups in total. The minimum absolute atomic E-state index is 0.286. The van der Waals surface area contributed by atoms with Crippen LogP contribution in [0.5, 0.6) is 0 Å². The number of nitrogens with zero attached hydrogens (tertiary/aromatic N) is 1. The van der Waals surface area contributed by atoms with Gasteiger partial charge in [0.05, 0.1) is 12.2 Å². The van der Waals surface area contributed by atoms with Crippen LogP contribution in [-0.2, 0) is 16.0 Å². The van der Waals surface area contributed by atoms with Crippen LogP contribution in [-0.4, -0.2) is 34.7 Å². The Morgan fingerprint density at radius 3 is 3.00 bits per heavy atom. The Morgan fingerprint density at radius 1 is 1.55 bits per heavy atom. The van der Waals surface area contributed by atoms with Gasteiger partial charge >= 0.3 is 5.97 Å². The number of hydrogen-bond acceptors (Lipinski definition) is 5. The number of carbonyl (C=O) groups is 1. The van der Waals surface area contributed by atoms with Crippen LogP contribution in [0.1, 0.15) is 31.2 Å². The van der Waals surface area contributed by atoms with E-state index in [4.69, 9.17) is 4.74 Å².